The van der Waals surface area contributed by atoms with Crippen LogP contribution in [0.15, 0.2) is 0 Å². The van der Waals surface area contributed by atoms with Crippen LogP contribution in [0.5, 0.6) is 0 Å². The maximum atomic E-state index is 12.0. The molecule has 0 aliphatic carbocycles. The SMILES string of the molecule is C[N+](C)(C)CC(C(F)(F)F)C(F)(F)F.C[N+](C)(C)CC(C(F)(F)F)C(F)(F)F.O=P([O-])([O-])F. The van der Waals surface area contributed by atoms with E-state index < -0.39 is 57.5 Å². The van der Waals surface area contributed by atoms with E-state index in [2.05, 4.69) is 0 Å². The first-order chi connectivity index (χ1) is 13.7. The summed E-state index contributed by atoms with van der Waals surface area (Å²) in [5.74, 6) is -6.51. The predicted molar refractivity (Wildman–Crippen MR) is 85.7 cm³/mol. The molecule has 204 valence electrons. The molecular weight excluding hydrogens is 522 g/mol. The summed E-state index contributed by atoms with van der Waals surface area (Å²) in [5.41, 5.74) is 0. The van der Waals surface area contributed by atoms with Crippen molar-refractivity contribution in [2.24, 2.45) is 11.8 Å². The number of hydrogen-bond acceptors (Lipinski definition) is 3. The number of rotatable bonds is 4. The minimum absolute atomic E-state index is 0.385. The van der Waals surface area contributed by atoms with Gasteiger partial charge < -0.3 is 23.3 Å². The van der Waals surface area contributed by atoms with Crippen LogP contribution in [0, 0.1) is 11.8 Å². The molecule has 0 heterocycles. The second-order valence-corrected chi connectivity index (χ2v) is 9.51. The molecule has 0 aromatic heterocycles. The molecule has 0 unspecified atom stereocenters. The van der Waals surface area contributed by atoms with Gasteiger partial charge in [-0.25, -0.2) is 4.20 Å². The van der Waals surface area contributed by atoms with Gasteiger partial charge in [0.25, 0.3) is 0 Å². The van der Waals surface area contributed by atoms with E-state index in [0.29, 0.717) is 0 Å². The fourth-order valence-electron chi connectivity index (χ4n) is 1.88. The van der Waals surface area contributed by atoms with Crippen molar-refractivity contribution in [3.05, 3.63) is 0 Å². The zero-order chi connectivity index (χ0) is 28.1. The van der Waals surface area contributed by atoms with Gasteiger partial charge >= 0.3 is 24.7 Å². The highest BCUT2D eigenvalue weighted by Crippen LogP contribution is 2.41. The van der Waals surface area contributed by atoms with E-state index in [1.54, 1.807) is 0 Å². The van der Waals surface area contributed by atoms with Crippen LogP contribution in [0.2, 0.25) is 0 Å². The highest BCUT2D eigenvalue weighted by atomic mass is 31.2. The standard InChI is InChI=1S/2C7H12F6N.FH2O3P/c2*1-14(2,3)4-5(6(8,9)10)7(11,12)13;1-5(2,3)4/h2*5H,4H2,1-3H3;(H2,2,3,4)/q2*+1;/p-2. The first-order valence-electron chi connectivity index (χ1n) is 8.27. The molecule has 0 amide bonds. The van der Waals surface area contributed by atoms with E-state index in [9.17, 15) is 56.9 Å². The summed E-state index contributed by atoms with van der Waals surface area (Å²) in [6, 6.07) is 0. The van der Waals surface area contributed by atoms with Gasteiger partial charge in [-0.3, -0.25) is 0 Å². The zero-order valence-corrected chi connectivity index (χ0v) is 18.9. The van der Waals surface area contributed by atoms with Crippen LogP contribution in [0.3, 0.4) is 0 Å². The van der Waals surface area contributed by atoms with Crippen LogP contribution in [0.1, 0.15) is 0 Å². The Balaban J connectivity index is -0.000000453. The Morgan fingerprint density at radius 3 is 0.727 bits per heavy atom. The van der Waals surface area contributed by atoms with E-state index in [1.807, 2.05) is 0 Å². The van der Waals surface area contributed by atoms with Crippen molar-refractivity contribution >= 4 is 7.91 Å². The monoisotopic (exact) mass is 546 g/mol. The van der Waals surface area contributed by atoms with Crippen molar-refractivity contribution in [1.82, 2.24) is 0 Å². The third kappa shape index (κ3) is 24.1. The largest absolute Gasteiger partial charge is 0.786 e. The van der Waals surface area contributed by atoms with Gasteiger partial charge in [0, 0.05) is 0 Å². The smallest absolute Gasteiger partial charge is 0.405 e. The van der Waals surface area contributed by atoms with Crippen molar-refractivity contribution in [2.45, 2.75) is 24.7 Å². The van der Waals surface area contributed by atoms with Crippen LogP contribution in [0.25, 0.3) is 0 Å². The van der Waals surface area contributed by atoms with E-state index in [-0.39, 0.29) is 8.97 Å². The molecule has 0 saturated carbocycles. The van der Waals surface area contributed by atoms with Crippen LogP contribution in [0.4, 0.5) is 56.9 Å². The molecule has 0 rings (SSSR count). The highest BCUT2D eigenvalue weighted by Gasteiger charge is 2.59. The van der Waals surface area contributed by atoms with E-state index >= 15 is 0 Å². The molecule has 5 nitrogen and oxygen atoms in total. The first kappa shape index (κ1) is 36.7. The Bertz CT molecular complexity index is 531. The van der Waals surface area contributed by atoms with Gasteiger partial charge in [0.15, 0.2) is 11.8 Å². The first-order valence-corrected chi connectivity index (χ1v) is 9.70. The lowest BCUT2D eigenvalue weighted by molar-refractivity contribution is -0.877. The lowest BCUT2D eigenvalue weighted by Crippen LogP contribution is -2.49. The Labute approximate surface area is 181 Å². The van der Waals surface area contributed by atoms with Crippen LogP contribution >= 0.6 is 7.91 Å². The Morgan fingerprint density at radius 1 is 0.576 bits per heavy atom. The molecule has 0 N–H and O–H groups in total. The summed E-state index contributed by atoms with van der Waals surface area (Å²) in [6.07, 6.45) is -20.9. The van der Waals surface area contributed by atoms with Crippen molar-refractivity contribution in [3.8, 4) is 0 Å². The average molecular weight is 546 g/mol. The second kappa shape index (κ2) is 11.7. The second-order valence-electron chi connectivity index (χ2n) is 8.65. The Morgan fingerprint density at radius 2 is 0.697 bits per heavy atom. The fourth-order valence-corrected chi connectivity index (χ4v) is 1.88. The number of quaternary nitrogens is 2. The summed E-state index contributed by atoms with van der Waals surface area (Å²) in [6.45, 7) is -2.01. The van der Waals surface area contributed by atoms with Crippen LogP contribution in [-0.4, -0.2) is 89.0 Å². The van der Waals surface area contributed by atoms with Crippen molar-refractivity contribution in [3.63, 3.8) is 0 Å². The third-order valence-electron chi connectivity index (χ3n) is 3.04. The lowest BCUT2D eigenvalue weighted by atomic mass is 10.1. The molecule has 0 aromatic carbocycles. The fraction of sp³-hybridized carbons (Fsp3) is 1.00. The molecule has 19 heteroatoms. The van der Waals surface area contributed by atoms with Crippen LogP contribution < -0.4 is 9.79 Å². The van der Waals surface area contributed by atoms with E-state index in [1.165, 1.54) is 42.3 Å². The lowest BCUT2D eigenvalue weighted by Gasteiger charge is -2.31. The molecule has 0 aliphatic rings. The maximum Gasteiger partial charge on any atom is 0.405 e. The van der Waals surface area contributed by atoms with Crippen molar-refractivity contribution in [1.29, 1.82) is 0 Å². The van der Waals surface area contributed by atoms with Crippen LogP contribution in [-0.2, 0) is 4.57 Å². The molecule has 0 spiro atoms. The topological polar surface area (TPSA) is 63.2 Å². The minimum atomic E-state index is -5.64. The molecule has 0 bridgehead atoms. The minimum Gasteiger partial charge on any atom is -0.786 e. The average Bonchev–Trinajstić information content (AvgIpc) is 2.34. The summed E-state index contributed by atoms with van der Waals surface area (Å²) < 4.78 is 162. The number of alkyl halides is 12. The molecule has 0 aliphatic heterocycles. The number of halogens is 13. The molecule has 0 saturated heterocycles. The predicted octanol–water partition coefficient (Wildman–Crippen LogP) is 3.65. The van der Waals surface area contributed by atoms with Gasteiger partial charge in [-0.15, -0.1) is 0 Å². The zero-order valence-electron chi connectivity index (χ0n) is 18.0. The molecule has 0 atom stereocenters. The summed E-state index contributed by atoms with van der Waals surface area (Å²) in [7, 11) is 2.05. The van der Waals surface area contributed by atoms with Crippen molar-refractivity contribution in [2.75, 3.05) is 55.4 Å². The van der Waals surface area contributed by atoms with Gasteiger partial charge in [0.05, 0.1) is 55.4 Å². The van der Waals surface area contributed by atoms with E-state index in [4.69, 9.17) is 14.4 Å². The number of hydrogen-bond donors (Lipinski definition) is 0. The Kier molecular flexibility index (Phi) is 13.1. The van der Waals surface area contributed by atoms with Gasteiger partial charge in [-0.2, -0.15) is 52.7 Å². The van der Waals surface area contributed by atoms with E-state index in [0.717, 1.165) is 0 Å². The molecule has 0 fully saturated rings. The normalized spacial score (nSPS) is 14.5. The third-order valence-corrected chi connectivity index (χ3v) is 3.04. The molecule has 0 aromatic rings. The highest BCUT2D eigenvalue weighted by molar-refractivity contribution is 7.42. The molecule has 33 heavy (non-hydrogen) atoms. The summed E-state index contributed by atoms with van der Waals surface area (Å²) in [4.78, 5) is 16.9. The van der Waals surface area contributed by atoms with Gasteiger partial charge in [-0.1, -0.05) is 0 Å². The maximum absolute atomic E-state index is 12.0. The number of nitrogens with zero attached hydrogens (tertiary/aromatic N) is 2. The quantitative estimate of drug-likeness (QED) is 0.308. The summed E-state index contributed by atoms with van der Waals surface area (Å²) >= 11 is 0. The molecular formula is C14H24F13N2O3P. The summed E-state index contributed by atoms with van der Waals surface area (Å²) in [5, 5.41) is 0. The van der Waals surface area contributed by atoms with Gasteiger partial charge in [0.2, 0.25) is 0 Å². The molecule has 0 radical (unpaired) electrons. The van der Waals surface area contributed by atoms with Gasteiger partial charge in [-0.05, 0) is 0 Å². The van der Waals surface area contributed by atoms with Gasteiger partial charge in [0.1, 0.15) is 7.91 Å². The van der Waals surface area contributed by atoms with Crippen molar-refractivity contribution < 1.29 is 80.2 Å². The Hall–Kier alpha value is -0.840.